The van der Waals surface area contributed by atoms with Gasteiger partial charge >= 0.3 is 23.9 Å². The topological polar surface area (TPSA) is 128 Å². The average Bonchev–Trinajstić information content (AvgIpc) is 2.80. The zero-order chi connectivity index (χ0) is 27.5. The number of carbonyl (C=O) groups is 4. The van der Waals surface area contributed by atoms with Gasteiger partial charge in [-0.25, -0.2) is 4.79 Å². The van der Waals surface area contributed by atoms with Crippen molar-refractivity contribution in [1.29, 1.82) is 0 Å². The SMILES string of the molecule is CCCC(=O)Oc1ccc(C[C@](NC(C)CC)(OC(=O)C(C)(C)CC)C(=O)O)cc1OC(=O)CCC. The van der Waals surface area contributed by atoms with E-state index in [-0.39, 0.29) is 36.8 Å². The molecule has 36 heavy (non-hydrogen) atoms. The lowest BCUT2D eigenvalue weighted by Crippen LogP contribution is -2.60. The van der Waals surface area contributed by atoms with Crippen LogP contribution in [0, 0.1) is 5.41 Å². The molecule has 9 heteroatoms. The van der Waals surface area contributed by atoms with Gasteiger partial charge in [-0.2, -0.15) is 0 Å². The molecule has 0 saturated carbocycles. The Morgan fingerprint density at radius 3 is 1.97 bits per heavy atom. The number of esters is 3. The van der Waals surface area contributed by atoms with Crippen LogP contribution in [0.15, 0.2) is 18.2 Å². The summed E-state index contributed by atoms with van der Waals surface area (Å²) in [7, 11) is 0. The lowest BCUT2D eigenvalue weighted by atomic mass is 9.90. The van der Waals surface area contributed by atoms with Crippen LogP contribution in [0.5, 0.6) is 11.5 Å². The van der Waals surface area contributed by atoms with Gasteiger partial charge in [0.15, 0.2) is 11.5 Å². The summed E-state index contributed by atoms with van der Waals surface area (Å²) in [5.74, 6) is -2.94. The van der Waals surface area contributed by atoms with E-state index < -0.39 is 35.0 Å². The third-order valence-electron chi connectivity index (χ3n) is 5.96. The van der Waals surface area contributed by atoms with Crippen molar-refractivity contribution < 1.29 is 38.5 Å². The molecule has 9 nitrogen and oxygen atoms in total. The summed E-state index contributed by atoms with van der Waals surface area (Å²) in [5, 5.41) is 13.2. The summed E-state index contributed by atoms with van der Waals surface area (Å²) in [5.41, 5.74) is -2.55. The van der Waals surface area contributed by atoms with Crippen molar-refractivity contribution in [2.24, 2.45) is 5.41 Å². The van der Waals surface area contributed by atoms with Crippen LogP contribution in [0.1, 0.15) is 92.6 Å². The van der Waals surface area contributed by atoms with E-state index in [2.05, 4.69) is 5.32 Å². The van der Waals surface area contributed by atoms with E-state index in [0.29, 0.717) is 31.2 Å². The number of rotatable bonds is 15. The van der Waals surface area contributed by atoms with Crippen molar-refractivity contribution in [2.75, 3.05) is 0 Å². The minimum Gasteiger partial charge on any atom is -0.477 e. The predicted molar refractivity (Wildman–Crippen MR) is 135 cm³/mol. The Morgan fingerprint density at radius 1 is 0.944 bits per heavy atom. The van der Waals surface area contributed by atoms with Crippen molar-refractivity contribution in [1.82, 2.24) is 5.32 Å². The molecule has 202 valence electrons. The van der Waals surface area contributed by atoms with Gasteiger partial charge in [0.05, 0.1) is 5.41 Å². The molecule has 1 rings (SSSR count). The first-order valence-corrected chi connectivity index (χ1v) is 12.6. The Morgan fingerprint density at radius 2 is 1.50 bits per heavy atom. The first-order chi connectivity index (χ1) is 16.8. The van der Waals surface area contributed by atoms with Gasteiger partial charge in [0.25, 0.3) is 5.72 Å². The average molecular weight is 508 g/mol. The zero-order valence-corrected chi connectivity index (χ0v) is 22.6. The van der Waals surface area contributed by atoms with Crippen LogP contribution in [-0.2, 0) is 30.3 Å². The van der Waals surface area contributed by atoms with E-state index in [9.17, 15) is 24.3 Å². The van der Waals surface area contributed by atoms with E-state index in [4.69, 9.17) is 14.2 Å². The van der Waals surface area contributed by atoms with Crippen molar-refractivity contribution in [3.63, 3.8) is 0 Å². The lowest BCUT2D eigenvalue weighted by Gasteiger charge is -2.35. The molecule has 0 fully saturated rings. The summed E-state index contributed by atoms with van der Waals surface area (Å²) in [4.78, 5) is 49.8. The van der Waals surface area contributed by atoms with Gasteiger partial charge in [-0.3, -0.25) is 19.7 Å². The molecule has 1 aromatic carbocycles. The highest BCUT2D eigenvalue weighted by Gasteiger charge is 2.46. The fourth-order valence-electron chi connectivity index (χ4n) is 3.11. The van der Waals surface area contributed by atoms with Crippen LogP contribution in [0.3, 0.4) is 0 Å². The highest BCUT2D eigenvalue weighted by atomic mass is 16.6. The second-order valence-corrected chi connectivity index (χ2v) is 9.62. The summed E-state index contributed by atoms with van der Waals surface area (Å²) in [6, 6.07) is 4.16. The summed E-state index contributed by atoms with van der Waals surface area (Å²) >= 11 is 0. The monoisotopic (exact) mass is 507 g/mol. The molecular weight excluding hydrogens is 466 g/mol. The van der Waals surface area contributed by atoms with Gasteiger partial charge in [0, 0.05) is 25.3 Å². The molecule has 2 N–H and O–H groups in total. The Kier molecular flexibility index (Phi) is 12.1. The molecule has 0 saturated heterocycles. The minimum absolute atomic E-state index is 0.00144. The molecule has 0 radical (unpaired) electrons. The molecular formula is C27H41NO8. The van der Waals surface area contributed by atoms with E-state index >= 15 is 0 Å². The third-order valence-corrected chi connectivity index (χ3v) is 5.96. The predicted octanol–water partition coefficient (Wildman–Crippen LogP) is 4.79. The quantitative estimate of drug-likeness (QED) is 0.196. The Bertz CT molecular complexity index is 926. The number of carbonyl (C=O) groups excluding carboxylic acids is 3. The molecule has 1 unspecified atom stereocenters. The Balaban J connectivity index is 3.50. The van der Waals surface area contributed by atoms with E-state index in [0.717, 1.165) is 0 Å². The van der Waals surface area contributed by atoms with Gasteiger partial charge in [0.1, 0.15) is 0 Å². The maximum absolute atomic E-state index is 12.9. The smallest absolute Gasteiger partial charge is 0.364 e. The van der Waals surface area contributed by atoms with Gasteiger partial charge in [-0.05, 0) is 64.2 Å². The molecule has 0 spiro atoms. The summed E-state index contributed by atoms with van der Waals surface area (Å²) < 4.78 is 16.5. The van der Waals surface area contributed by atoms with Crippen molar-refractivity contribution in [3.8, 4) is 11.5 Å². The molecule has 0 aliphatic heterocycles. The highest BCUT2D eigenvalue weighted by Crippen LogP contribution is 2.32. The first kappa shape index (κ1) is 31.1. The largest absolute Gasteiger partial charge is 0.477 e. The van der Waals surface area contributed by atoms with Crippen molar-refractivity contribution in [2.45, 2.75) is 105 Å². The molecule has 2 atom stereocenters. The molecule has 0 aliphatic carbocycles. The van der Waals surface area contributed by atoms with Gasteiger partial charge in [0.2, 0.25) is 0 Å². The standard InChI is InChI=1S/C27H41NO8/c1-8-12-22(29)34-20-15-14-19(16-21(20)35-23(30)13-9-2)17-27(24(31)32,28-18(5)10-3)36-25(33)26(6,7)11-4/h14-16,18,28H,8-13,17H2,1-7H3,(H,31,32)/t18?,27-/m0/s1. The fraction of sp³-hybridized carbons (Fsp3) is 0.630. The summed E-state index contributed by atoms with van der Waals surface area (Å²) in [6.45, 7) is 12.5. The van der Waals surface area contributed by atoms with Crippen molar-refractivity contribution >= 4 is 23.9 Å². The first-order valence-electron chi connectivity index (χ1n) is 12.6. The van der Waals surface area contributed by atoms with Crippen molar-refractivity contribution in [3.05, 3.63) is 23.8 Å². The van der Waals surface area contributed by atoms with Crippen LogP contribution in [0.25, 0.3) is 0 Å². The van der Waals surface area contributed by atoms with Gasteiger partial charge in [-0.1, -0.05) is 33.8 Å². The van der Waals surface area contributed by atoms with Gasteiger partial charge in [-0.15, -0.1) is 0 Å². The van der Waals surface area contributed by atoms with Crippen LogP contribution in [-0.4, -0.2) is 40.8 Å². The van der Waals surface area contributed by atoms with Gasteiger partial charge < -0.3 is 19.3 Å². The number of aliphatic carboxylic acids is 1. The van der Waals surface area contributed by atoms with Crippen LogP contribution < -0.4 is 14.8 Å². The Hall–Kier alpha value is -2.94. The molecule has 0 aromatic heterocycles. The van der Waals surface area contributed by atoms with Crippen LogP contribution in [0.2, 0.25) is 0 Å². The molecule has 0 heterocycles. The maximum atomic E-state index is 12.9. The second-order valence-electron chi connectivity index (χ2n) is 9.62. The highest BCUT2D eigenvalue weighted by molar-refractivity contribution is 5.84. The normalized spacial score (nSPS) is 13.9. The number of ether oxygens (including phenoxy) is 3. The number of hydrogen-bond acceptors (Lipinski definition) is 8. The Labute approximate surface area is 213 Å². The molecule has 1 aromatic rings. The van der Waals surface area contributed by atoms with E-state index in [1.165, 1.54) is 12.1 Å². The number of benzene rings is 1. The third kappa shape index (κ3) is 8.93. The second kappa shape index (κ2) is 14.0. The zero-order valence-electron chi connectivity index (χ0n) is 22.6. The van der Waals surface area contributed by atoms with Crippen LogP contribution in [0.4, 0.5) is 0 Å². The van der Waals surface area contributed by atoms with E-state index in [1.807, 2.05) is 27.7 Å². The summed E-state index contributed by atoms with van der Waals surface area (Å²) in [6.07, 6.45) is 2.30. The maximum Gasteiger partial charge on any atom is 0.364 e. The number of hydrogen-bond donors (Lipinski definition) is 2. The molecule has 0 aliphatic rings. The fourth-order valence-corrected chi connectivity index (χ4v) is 3.11. The molecule has 0 amide bonds. The number of carboxylic acids is 1. The lowest BCUT2D eigenvalue weighted by molar-refractivity contribution is -0.191. The van der Waals surface area contributed by atoms with E-state index in [1.54, 1.807) is 26.8 Å². The minimum atomic E-state index is -2.07. The number of carboxylic acid groups (broad SMARTS) is 1. The van der Waals surface area contributed by atoms with Crippen LogP contribution >= 0.6 is 0 Å². The number of nitrogens with one attached hydrogen (secondary N) is 1. The molecule has 0 bridgehead atoms.